The van der Waals surface area contributed by atoms with E-state index in [1.165, 1.54) is 0 Å². The Bertz CT molecular complexity index is 659. The molecule has 1 rings (SSSR count). The molecular weight excluding hydrogens is 419 g/mol. The lowest BCUT2D eigenvalue weighted by molar-refractivity contribution is -0.275. The number of hydrogen-bond acceptors (Lipinski definition) is 4. The molecule has 0 aliphatic rings. The van der Waals surface area contributed by atoms with E-state index in [0.29, 0.717) is 18.2 Å². The number of urea groups is 1. The van der Waals surface area contributed by atoms with Crippen LogP contribution in [-0.2, 0) is 13.9 Å². The van der Waals surface area contributed by atoms with Crippen LogP contribution in [0.2, 0.25) is 6.04 Å². The molecule has 0 bridgehead atoms. The van der Waals surface area contributed by atoms with Crippen LogP contribution in [0.15, 0.2) is 12.1 Å². The third-order valence-electron chi connectivity index (χ3n) is 3.37. The summed E-state index contributed by atoms with van der Waals surface area (Å²) >= 11 is 0. The van der Waals surface area contributed by atoms with Crippen molar-refractivity contribution in [2.75, 3.05) is 11.7 Å². The molecule has 2 amide bonds. The molecule has 0 radical (unpaired) electrons. The van der Waals surface area contributed by atoms with Gasteiger partial charge in [0.2, 0.25) is 0 Å². The molecule has 1 aromatic carbocycles. The van der Waals surface area contributed by atoms with E-state index in [2.05, 4.69) is 0 Å². The van der Waals surface area contributed by atoms with E-state index in [-0.39, 0.29) is 18.6 Å². The summed E-state index contributed by atoms with van der Waals surface area (Å²) < 4.78 is 83.6. The molecule has 29 heavy (non-hydrogen) atoms. The number of nitrogens with zero attached hydrogens (tertiary/aromatic N) is 2. The van der Waals surface area contributed by atoms with Crippen LogP contribution in [-0.4, -0.2) is 46.1 Å². The van der Waals surface area contributed by atoms with Gasteiger partial charge in [-0.2, -0.15) is 5.12 Å². The normalized spacial score (nSPS) is 12.0. The minimum atomic E-state index is -1.96. The number of ether oxygens (including phenoxy) is 2. The molecule has 0 saturated heterocycles. The average Bonchev–Trinajstić information content (AvgIpc) is 2.63. The highest BCUT2D eigenvalue weighted by Gasteiger charge is 2.27. The highest BCUT2D eigenvalue weighted by molar-refractivity contribution is 6.27. The Hall–Kier alpha value is -1.76. The van der Waals surface area contributed by atoms with Crippen LogP contribution in [0, 0.1) is 17.5 Å². The molecule has 0 saturated carbocycles. The fraction of sp³-hybridized carbons (Fsp3) is 0.588. The summed E-state index contributed by atoms with van der Waals surface area (Å²) in [5.41, 5.74) is -1.23. The fourth-order valence-corrected chi connectivity index (χ4v) is 2.99. The van der Waals surface area contributed by atoms with Gasteiger partial charge in [-0.05, 0) is 52.3 Å². The number of amides is 2. The van der Waals surface area contributed by atoms with Gasteiger partial charge in [0, 0.05) is 0 Å². The molecule has 0 heterocycles. The molecule has 0 aliphatic heterocycles. The SMILES string of the molecule is CC(C)OC(O[SiH2]CCCN(F)C(=O)N(F)c1ccc(F)c(F)c1F)OC(C)C. The monoisotopic (exact) mass is 444 g/mol. The quantitative estimate of drug-likeness (QED) is 0.129. The molecule has 0 N–H and O–H groups in total. The maximum absolute atomic E-state index is 13.9. The van der Waals surface area contributed by atoms with E-state index in [1.54, 1.807) is 0 Å². The summed E-state index contributed by atoms with van der Waals surface area (Å²) in [5, 5.41) is -1.41. The lowest BCUT2D eigenvalue weighted by Crippen LogP contribution is -2.35. The number of carbonyl (C=O) groups excluding carboxylic acids is 1. The first-order valence-electron chi connectivity index (χ1n) is 9.03. The van der Waals surface area contributed by atoms with Crippen LogP contribution in [0.5, 0.6) is 0 Å². The summed E-state index contributed by atoms with van der Waals surface area (Å²) in [4.78, 5) is 11.7. The van der Waals surface area contributed by atoms with Gasteiger partial charge in [0.05, 0.1) is 18.8 Å². The molecule has 0 unspecified atom stereocenters. The van der Waals surface area contributed by atoms with E-state index in [9.17, 15) is 26.9 Å². The predicted octanol–water partition coefficient (Wildman–Crippen LogP) is 4.14. The molecule has 12 heteroatoms. The van der Waals surface area contributed by atoms with Crippen LogP contribution < -0.4 is 5.12 Å². The minimum Gasteiger partial charge on any atom is -0.379 e. The van der Waals surface area contributed by atoms with Crippen molar-refractivity contribution in [3.05, 3.63) is 29.6 Å². The molecule has 0 aliphatic carbocycles. The molecule has 0 atom stereocenters. The van der Waals surface area contributed by atoms with Crippen molar-refractivity contribution in [1.29, 1.82) is 0 Å². The first-order valence-corrected chi connectivity index (χ1v) is 10.6. The van der Waals surface area contributed by atoms with E-state index in [4.69, 9.17) is 13.9 Å². The topological polar surface area (TPSA) is 51.2 Å². The van der Waals surface area contributed by atoms with Crippen molar-refractivity contribution in [3.63, 3.8) is 0 Å². The zero-order chi connectivity index (χ0) is 22.1. The van der Waals surface area contributed by atoms with Gasteiger partial charge < -0.3 is 13.9 Å². The Morgan fingerprint density at radius 3 is 2.17 bits per heavy atom. The van der Waals surface area contributed by atoms with Gasteiger partial charge in [-0.25, -0.2) is 18.0 Å². The van der Waals surface area contributed by atoms with Crippen molar-refractivity contribution < 1.29 is 40.8 Å². The summed E-state index contributed by atoms with van der Waals surface area (Å²) in [6.07, 6.45) is -0.114. The van der Waals surface area contributed by atoms with Gasteiger partial charge in [0.1, 0.15) is 5.69 Å². The van der Waals surface area contributed by atoms with E-state index in [1.807, 2.05) is 27.7 Å². The molecule has 166 valence electrons. The lowest BCUT2D eigenvalue weighted by Gasteiger charge is -2.23. The Morgan fingerprint density at radius 2 is 1.62 bits per heavy atom. The Balaban J connectivity index is 2.46. The number of carbonyl (C=O) groups is 1. The Labute approximate surface area is 168 Å². The summed E-state index contributed by atoms with van der Waals surface area (Å²) in [7, 11) is -1.19. The maximum Gasteiger partial charge on any atom is 0.381 e. The third kappa shape index (κ3) is 8.24. The first-order chi connectivity index (χ1) is 13.5. The number of hydrogen-bond donors (Lipinski definition) is 0. The smallest absolute Gasteiger partial charge is 0.379 e. The van der Waals surface area contributed by atoms with E-state index < -0.39 is 62.2 Å². The van der Waals surface area contributed by atoms with Gasteiger partial charge in [-0.1, -0.05) is 8.96 Å². The molecular formula is C17H25F5N2O4Si. The minimum absolute atomic E-state index is 0.126. The number of anilines is 1. The lowest BCUT2D eigenvalue weighted by atomic mass is 10.3. The second-order valence-corrected chi connectivity index (χ2v) is 8.03. The largest absolute Gasteiger partial charge is 0.381 e. The van der Waals surface area contributed by atoms with Gasteiger partial charge in [-0.15, -0.1) is 5.12 Å². The van der Waals surface area contributed by atoms with Crippen LogP contribution >= 0.6 is 0 Å². The number of benzene rings is 1. The van der Waals surface area contributed by atoms with Crippen molar-refractivity contribution in [2.45, 2.75) is 58.8 Å². The summed E-state index contributed by atoms with van der Waals surface area (Å²) in [6.45, 7) is 5.91. The zero-order valence-corrected chi connectivity index (χ0v) is 18.0. The standard InChI is InChI=1S/C17H25F5N2O4Si/c1-10(2)26-17(27-11(3)4)28-29-9-5-8-23(21)16(25)24(22)13-7-6-12(18)14(19)15(13)20/h6-7,10-11,17H,5,8-9,29H2,1-4H3. The first kappa shape index (κ1) is 25.3. The van der Waals surface area contributed by atoms with Gasteiger partial charge in [-0.3, -0.25) is 0 Å². The molecule has 1 aromatic rings. The predicted molar refractivity (Wildman–Crippen MR) is 98.4 cm³/mol. The molecule has 6 nitrogen and oxygen atoms in total. The number of rotatable bonds is 11. The van der Waals surface area contributed by atoms with E-state index in [0.717, 1.165) is 0 Å². The van der Waals surface area contributed by atoms with Crippen LogP contribution in [0.1, 0.15) is 34.1 Å². The average molecular weight is 444 g/mol. The summed E-state index contributed by atoms with van der Waals surface area (Å²) in [6, 6.07) is -0.529. The second kappa shape index (κ2) is 12.1. The van der Waals surface area contributed by atoms with Gasteiger partial charge >= 0.3 is 6.03 Å². The summed E-state index contributed by atoms with van der Waals surface area (Å²) in [5.74, 6) is -5.46. The highest BCUT2D eigenvalue weighted by Crippen LogP contribution is 2.25. The molecule has 0 spiro atoms. The van der Waals surface area contributed by atoms with Crippen molar-refractivity contribution >= 4 is 21.5 Å². The second-order valence-electron chi connectivity index (χ2n) is 6.58. The van der Waals surface area contributed by atoms with Crippen LogP contribution in [0.4, 0.5) is 32.6 Å². The Morgan fingerprint density at radius 1 is 1.03 bits per heavy atom. The van der Waals surface area contributed by atoms with Gasteiger partial charge in [0.15, 0.2) is 27.2 Å². The van der Waals surface area contributed by atoms with Crippen molar-refractivity contribution in [3.8, 4) is 0 Å². The number of halogens is 5. The van der Waals surface area contributed by atoms with E-state index >= 15 is 0 Å². The van der Waals surface area contributed by atoms with Gasteiger partial charge in [0.25, 0.3) is 6.48 Å². The highest BCUT2D eigenvalue weighted by atomic mass is 28.2. The van der Waals surface area contributed by atoms with Crippen LogP contribution in [0.3, 0.4) is 0 Å². The molecule has 0 aromatic heterocycles. The molecule has 0 fully saturated rings. The van der Waals surface area contributed by atoms with Crippen LogP contribution in [0.25, 0.3) is 0 Å². The Kier molecular flexibility index (Phi) is 10.5. The van der Waals surface area contributed by atoms with Crippen molar-refractivity contribution in [2.24, 2.45) is 0 Å². The van der Waals surface area contributed by atoms with Crippen molar-refractivity contribution in [1.82, 2.24) is 5.12 Å². The maximum atomic E-state index is 13.9. The fourth-order valence-electron chi connectivity index (χ4n) is 2.05. The third-order valence-corrected chi connectivity index (χ3v) is 4.67. The zero-order valence-electron chi connectivity index (χ0n) is 16.6.